The molecule has 0 amide bonds. The summed E-state index contributed by atoms with van der Waals surface area (Å²) < 4.78 is 6.23. The number of hydrogen-bond donors (Lipinski definition) is 1. The first-order valence-electron chi connectivity index (χ1n) is 4.69. The molecular weight excluding hydrogens is 306 g/mol. The van der Waals surface area contributed by atoms with Gasteiger partial charge in [0.15, 0.2) is 0 Å². The Balaban J connectivity index is 2.31. The number of aryl methyl sites for hydroxylation is 1. The van der Waals surface area contributed by atoms with E-state index in [4.69, 9.17) is 9.84 Å². The number of aromatic carboxylic acids is 1. The third kappa shape index (κ3) is 2.83. The van der Waals surface area contributed by atoms with Gasteiger partial charge in [0.1, 0.15) is 10.4 Å². The minimum atomic E-state index is -0.977. The number of carboxylic acid groups (broad SMARTS) is 1. The van der Waals surface area contributed by atoms with Crippen molar-refractivity contribution < 1.29 is 14.6 Å². The lowest BCUT2D eigenvalue weighted by Crippen LogP contribution is -1.97. The molecule has 0 radical (unpaired) electrons. The van der Waals surface area contributed by atoms with Gasteiger partial charge in [0.05, 0.1) is 5.56 Å². The topological polar surface area (TPSA) is 59.4 Å². The van der Waals surface area contributed by atoms with E-state index in [2.05, 4.69) is 20.9 Å². The fraction of sp³-hybridized carbons (Fsp3) is 0.0909. The van der Waals surface area contributed by atoms with Crippen molar-refractivity contribution in [1.82, 2.24) is 4.98 Å². The average Bonchev–Trinajstić information content (AvgIpc) is 2.67. The van der Waals surface area contributed by atoms with Crippen molar-refractivity contribution in [3.05, 3.63) is 39.3 Å². The van der Waals surface area contributed by atoms with Crippen LogP contribution < -0.4 is 4.74 Å². The Bertz CT molecular complexity index is 568. The summed E-state index contributed by atoms with van der Waals surface area (Å²) in [5.74, 6) is -0.470. The van der Waals surface area contributed by atoms with Gasteiger partial charge >= 0.3 is 5.97 Å². The Morgan fingerprint density at radius 2 is 2.29 bits per heavy atom. The molecule has 0 aliphatic carbocycles. The number of halogens is 1. The van der Waals surface area contributed by atoms with Crippen LogP contribution >= 0.6 is 27.3 Å². The summed E-state index contributed by atoms with van der Waals surface area (Å²) in [5, 5.41) is 11.2. The third-order valence-corrected chi connectivity index (χ3v) is 3.51. The summed E-state index contributed by atoms with van der Waals surface area (Å²) in [5.41, 5.74) is 1.06. The van der Waals surface area contributed by atoms with Crippen LogP contribution in [0.4, 0.5) is 0 Å². The molecule has 1 aromatic heterocycles. The van der Waals surface area contributed by atoms with Crippen LogP contribution in [0.5, 0.6) is 10.9 Å². The standard InChI is InChI=1S/C11H8BrNO3S/c1-6-2-3-7(10(14)15)4-8(6)16-11-13-9(12)5-17-11/h2-5H,1H3,(H,14,15). The summed E-state index contributed by atoms with van der Waals surface area (Å²) >= 11 is 4.57. The maximum absolute atomic E-state index is 10.8. The monoisotopic (exact) mass is 313 g/mol. The van der Waals surface area contributed by atoms with Gasteiger partial charge in [-0.05, 0) is 40.5 Å². The second-order valence-corrected chi connectivity index (χ2v) is 4.96. The van der Waals surface area contributed by atoms with Crippen molar-refractivity contribution in [3.8, 4) is 10.9 Å². The largest absolute Gasteiger partial charge is 0.478 e. The predicted molar refractivity (Wildman–Crippen MR) is 68.0 cm³/mol. The number of benzene rings is 1. The Morgan fingerprint density at radius 3 is 2.88 bits per heavy atom. The summed E-state index contributed by atoms with van der Waals surface area (Å²) in [6.07, 6.45) is 0. The zero-order chi connectivity index (χ0) is 12.4. The maximum atomic E-state index is 10.8. The molecular formula is C11H8BrNO3S. The normalized spacial score (nSPS) is 10.2. The zero-order valence-electron chi connectivity index (χ0n) is 8.81. The summed E-state index contributed by atoms with van der Waals surface area (Å²) in [4.78, 5) is 14.9. The molecule has 0 aliphatic heterocycles. The number of hydrogen-bond acceptors (Lipinski definition) is 4. The molecule has 2 rings (SSSR count). The number of carboxylic acids is 1. The Labute approximate surface area is 110 Å². The van der Waals surface area contributed by atoms with Crippen LogP contribution in [0.3, 0.4) is 0 Å². The Morgan fingerprint density at radius 1 is 1.53 bits per heavy atom. The van der Waals surface area contributed by atoms with Gasteiger partial charge in [0.25, 0.3) is 5.19 Å². The second kappa shape index (κ2) is 4.85. The van der Waals surface area contributed by atoms with E-state index in [-0.39, 0.29) is 5.56 Å². The highest BCUT2D eigenvalue weighted by molar-refractivity contribution is 9.10. The zero-order valence-corrected chi connectivity index (χ0v) is 11.2. The van der Waals surface area contributed by atoms with Gasteiger partial charge in [0, 0.05) is 5.38 Å². The van der Waals surface area contributed by atoms with Crippen molar-refractivity contribution in [1.29, 1.82) is 0 Å². The van der Waals surface area contributed by atoms with Gasteiger partial charge in [-0.15, -0.1) is 0 Å². The molecule has 0 bridgehead atoms. The SMILES string of the molecule is Cc1ccc(C(=O)O)cc1Oc1nc(Br)cs1. The second-order valence-electron chi connectivity index (χ2n) is 3.32. The van der Waals surface area contributed by atoms with Crippen LogP contribution in [-0.2, 0) is 0 Å². The molecule has 2 aromatic rings. The van der Waals surface area contributed by atoms with Gasteiger partial charge in [-0.2, -0.15) is 4.98 Å². The minimum absolute atomic E-state index is 0.196. The van der Waals surface area contributed by atoms with Gasteiger partial charge in [-0.25, -0.2) is 4.79 Å². The number of nitrogens with zero attached hydrogens (tertiary/aromatic N) is 1. The highest BCUT2D eigenvalue weighted by Crippen LogP contribution is 2.29. The van der Waals surface area contributed by atoms with Crippen molar-refractivity contribution >= 4 is 33.2 Å². The summed E-state index contributed by atoms with van der Waals surface area (Å²) in [7, 11) is 0. The number of carbonyl (C=O) groups is 1. The number of ether oxygens (including phenoxy) is 1. The lowest BCUT2D eigenvalue weighted by molar-refractivity contribution is 0.0696. The number of rotatable bonds is 3. The smallest absolute Gasteiger partial charge is 0.335 e. The van der Waals surface area contributed by atoms with Crippen LogP contribution in [0.1, 0.15) is 15.9 Å². The van der Waals surface area contributed by atoms with Crippen molar-refractivity contribution in [3.63, 3.8) is 0 Å². The predicted octanol–water partition coefficient (Wildman–Crippen LogP) is 3.70. The highest BCUT2D eigenvalue weighted by atomic mass is 79.9. The van der Waals surface area contributed by atoms with E-state index in [9.17, 15) is 4.79 Å². The molecule has 0 unspecified atom stereocenters. The van der Waals surface area contributed by atoms with Crippen molar-refractivity contribution in [2.24, 2.45) is 0 Å². The van der Waals surface area contributed by atoms with E-state index in [1.807, 2.05) is 6.92 Å². The fourth-order valence-electron chi connectivity index (χ4n) is 1.22. The molecule has 1 aromatic carbocycles. The molecule has 88 valence electrons. The Kier molecular flexibility index (Phi) is 3.44. The fourth-order valence-corrected chi connectivity index (χ4v) is 2.32. The van der Waals surface area contributed by atoms with Gasteiger partial charge in [-0.3, -0.25) is 0 Å². The lowest BCUT2D eigenvalue weighted by Gasteiger charge is -2.06. The molecule has 1 heterocycles. The molecule has 17 heavy (non-hydrogen) atoms. The molecule has 0 saturated carbocycles. The van der Waals surface area contributed by atoms with E-state index in [0.717, 1.165) is 5.56 Å². The Hall–Kier alpha value is -1.40. The number of thiazole rings is 1. The first-order chi connectivity index (χ1) is 8.06. The quantitative estimate of drug-likeness (QED) is 0.938. The molecule has 4 nitrogen and oxygen atoms in total. The van der Waals surface area contributed by atoms with E-state index >= 15 is 0 Å². The summed E-state index contributed by atoms with van der Waals surface area (Å²) in [6, 6.07) is 4.75. The lowest BCUT2D eigenvalue weighted by atomic mass is 10.1. The third-order valence-electron chi connectivity index (χ3n) is 2.09. The van der Waals surface area contributed by atoms with E-state index in [1.54, 1.807) is 17.5 Å². The van der Waals surface area contributed by atoms with E-state index in [0.29, 0.717) is 15.5 Å². The van der Waals surface area contributed by atoms with Crippen molar-refractivity contribution in [2.75, 3.05) is 0 Å². The van der Waals surface area contributed by atoms with Crippen molar-refractivity contribution in [2.45, 2.75) is 6.92 Å². The molecule has 0 atom stereocenters. The van der Waals surface area contributed by atoms with Gasteiger partial charge < -0.3 is 9.84 Å². The molecule has 0 fully saturated rings. The van der Waals surface area contributed by atoms with Crippen LogP contribution in [-0.4, -0.2) is 16.1 Å². The number of aromatic nitrogens is 1. The minimum Gasteiger partial charge on any atom is -0.478 e. The molecule has 0 spiro atoms. The van der Waals surface area contributed by atoms with Gasteiger partial charge in [0.2, 0.25) is 0 Å². The first kappa shape index (κ1) is 12.1. The maximum Gasteiger partial charge on any atom is 0.335 e. The van der Waals surface area contributed by atoms with Crippen LogP contribution in [0, 0.1) is 6.92 Å². The average molecular weight is 314 g/mol. The molecule has 0 saturated heterocycles. The summed E-state index contributed by atoms with van der Waals surface area (Å²) in [6.45, 7) is 1.85. The first-order valence-corrected chi connectivity index (χ1v) is 6.36. The van der Waals surface area contributed by atoms with Crippen LogP contribution in [0.15, 0.2) is 28.2 Å². The molecule has 6 heteroatoms. The molecule has 1 N–H and O–H groups in total. The van der Waals surface area contributed by atoms with Crippen LogP contribution in [0.2, 0.25) is 0 Å². The van der Waals surface area contributed by atoms with E-state index < -0.39 is 5.97 Å². The van der Waals surface area contributed by atoms with E-state index in [1.165, 1.54) is 17.4 Å². The van der Waals surface area contributed by atoms with Crippen LogP contribution in [0.25, 0.3) is 0 Å². The highest BCUT2D eigenvalue weighted by Gasteiger charge is 2.09. The molecule has 0 aliphatic rings. The van der Waals surface area contributed by atoms with Gasteiger partial charge in [-0.1, -0.05) is 17.4 Å².